The smallest absolute Gasteiger partial charge is 0.240 e. The van der Waals surface area contributed by atoms with E-state index < -0.39 is 21.3 Å². The van der Waals surface area contributed by atoms with Crippen LogP contribution in [-0.2, 0) is 10.0 Å². The van der Waals surface area contributed by atoms with Gasteiger partial charge in [-0.1, -0.05) is 25.1 Å². The molecule has 0 atom stereocenters. The SMILES string of the molecule is Cc1ccc(F)cc1S(=O)(=O)NCC(C)(C)/C(N)=N/O. The van der Waals surface area contributed by atoms with Crippen molar-refractivity contribution < 1.29 is 18.0 Å². The molecule has 0 aliphatic heterocycles. The second-order valence-electron chi connectivity index (χ2n) is 5.10. The summed E-state index contributed by atoms with van der Waals surface area (Å²) in [4.78, 5) is -0.132. The van der Waals surface area contributed by atoms with Crippen LogP contribution in [0.25, 0.3) is 0 Å². The van der Waals surface area contributed by atoms with E-state index >= 15 is 0 Å². The Balaban J connectivity index is 3.00. The number of sulfonamides is 1. The van der Waals surface area contributed by atoms with Crippen LogP contribution in [0.15, 0.2) is 28.3 Å². The van der Waals surface area contributed by atoms with Crippen molar-refractivity contribution in [3.05, 3.63) is 29.6 Å². The van der Waals surface area contributed by atoms with Crippen LogP contribution in [0, 0.1) is 18.2 Å². The first kappa shape index (κ1) is 16.4. The maximum absolute atomic E-state index is 13.2. The first-order valence-corrected chi connectivity index (χ1v) is 7.32. The topological polar surface area (TPSA) is 105 Å². The third-order valence-electron chi connectivity index (χ3n) is 2.94. The largest absolute Gasteiger partial charge is 0.409 e. The Hall–Kier alpha value is -1.67. The zero-order valence-corrected chi connectivity index (χ0v) is 12.3. The van der Waals surface area contributed by atoms with Crippen LogP contribution < -0.4 is 10.5 Å². The lowest BCUT2D eigenvalue weighted by atomic mass is 9.93. The monoisotopic (exact) mass is 303 g/mol. The molecular formula is C12H18FN3O3S. The number of aryl methyl sites for hydroxylation is 1. The molecule has 0 fully saturated rings. The van der Waals surface area contributed by atoms with Crippen molar-refractivity contribution in [2.45, 2.75) is 25.7 Å². The molecule has 112 valence electrons. The van der Waals surface area contributed by atoms with E-state index in [-0.39, 0.29) is 17.3 Å². The van der Waals surface area contributed by atoms with Crippen molar-refractivity contribution in [2.75, 3.05) is 6.54 Å². The number of amidine groups is 1. The first-order chi connectivity index (χ1) is 9.10. The highest BCUT2D eigenvalue weighted by Crippen LogP contribution is 2.19. The van der Waals surface area contributed by atoms with Crippen molar-refractivity contribution in [1.82, 2.24) is 4.72 Å². The molecule has 0 aliphatic rings. The molecule has 8 heteroatoms. The fourth-order valence-corrected chi connectivity index (χ4v) is 2.91. The summed E-state index contributed by atoms with van der Waals surface area (Å²) >= 11 is 0. The zero-order chi connectivity index (χ0) is 15.6. The molecule has 0 saturated carbocycles. The van der Waals surface area contributed by atoms with Gasteiger partial charge in [0.1, 0.15) is 11.7 Å². The van der Waals surface area contributed by atoms with Crippen molar-refractivity contribution in [3.63, 3.8) is 0 Å². The lowest BCUT2D eigenvalue weighted by molar-refractivity contribution is 0.307. The molecule has 0 aromatic heterocycles. The van der Waals surface area contributed by atoms with Gasteiger partial charge in [0.25, 0.3) is 0 Å². The normalized spacial score (nSPS) is 13.5. The van der Waals surface area contributed by atoms with Crippen molar-refractivity contribution in [3.8, 4) is 0 Å². The van der Waals surface area contributed by atoms with Gasteiger partial charge in [0.15, 0.2) is 0 Å². The molecule has 0 spiro atoms. The minimum Gasteiger partial charge on any atom is -0.409 e. The lowest BCUT2D eigenvalue weighted by Crippen LogP contribution is -2.42. The molecule has 4 N–H and O–H groups in total. The Kier molecular flexibility index (Phi) is 4.72. The van der Waals surface area contributed by atoms with Crippen molar-refractivity contribution in [2.24, 2.45) is 16.3 Å². The summed E-state index contributed by atoms with van der Waals surface area (Å²) in [5.74, 6) is -0.733. The molecule has 0 heterocycles. The highest BCUT2D eigenvalue weighted by molar-refractivity contribution is 7.89. The number of rotatable bonds is 5. The van der Waals surface area contributed by atoms with E-state index in [1.165, 1.54) is 12.1 Å². The maximum Gasteiger partial charge on any atom is 0.240 e. The molecule has 0 aliphatic carbocycles. The zero-order valence-electron chi connectivity index (χ0n) is 11.5. The molecule has 0 radical (unpaired) electrons. The summed E-state index contributed by atoms with van der Waals surface area (Å²) in [7, 11) is -3.87. The van der Waals surface area contributed by atoms with E-state index in [1.54, 1.807) is 20.8 Å². The number of benzene rings is 1. The average molecular weight is 303 g/mol. The Morgan fingerprint density at radius 2 is 2.10 bits per heavy atom. The van der Waals surface area contributed by atoms with E-state index in [0.29, 0.717) is 5.56 Å². The van der Waals surface area contributed by atoms with Crippen LogP contribution in [0.2, 0.25) is 0 Å². The summed E-state index contributed by atoms with van der Waals surface area (Å²) in [6.45, 7) is 4.72. The molecule has 1 aromatic carbocycles. The average Bonchev–Trinajstić information content (AvgIpc) is 2.38. The second kappa shape index (κ2) is 5.76. The summed E-state index contributed by atoms with van der Waals surface area (Å²) in [5.41, 5.74) is 5.04. The van der Waals surface area contributed by atoms with Gasteiger partial charge in [0.2, 0.25) is 10.0 Å². The number of oxime groups is 1. The number of nitrogens with two attached hydrogens (primary N) is 1. The van der Waals surface area contributed by atoms with Gasteiger partial charge < -0.3 is 10.9 Å². The van der Waals surface area contributed by atoms with Crippen molar-refractivity contribution >= 4 is 15.9 Å². The number of hydrogen-bond donors (Lipinski definition) is 3. The highest BCUT2D eigenvalue weighted by Gasteiger charge is 2.27. The van der Waals surface area contributed by atoms with Gasteiger partial charge in [-0.05, 0) is 24.6 Å². The van der Waals surface area contributed by atoms with Gasteiger partial charge in [-0.2, -0.15) is 0 Å². The Bertz CT molecular complexity index is 627. The van der Waals surface area contributed by atoms with E-state index in [1.807, 2.05) is 0 Å². The molecule has 1 rings (SSSR count). The second-order valence-corrected chi connectivity index (χ2v) is 6.84. The van der Waals surface area contributed by atoms with Crippen LogP contribution in [0.3, 0.4) is 0 Å². The number of nitrogens with one attached hydrogen (secondary N) is 1. The summed E-state index contributed by atoms with van der Waals surface area (Å²) in [6, 6.07) is 3.53. The van der Waals surface area contributed by atoms with Gasteiger partial charge in [-0.25, -0.2) is 17.5 Å². The molecule has 20 heavy (non-hydrogen) atoms. The van der Waals surface area contributed by atoms with Crippen molar-refractivity contribution in [1.29, 1.82) is 0 Å². The summed E-state index contributed by atoms with van der Waals surface area (Å²) in [5, 5.41) is 11.5. The van der Waals surface area contributed by atoms with Crippen LogP contribution in [0.5, 0.6) is 0 Å². The van der Waals surface area contributed by atoms with Gasteiger partial charge in [-0.15, -0.1) is 0 Å². The van der Waals surface area contributed by atoms with Crippen LogP contribution in [-0.4, -0.2) is 26.0 Å². The predicted octanol–water partition coefficient (Wildman–Crippen LogP) is 1.19. The summed E-state index contributed by atoms with van der Waals surface area (Å²) < 4.78 is 39.8. The van der Waals surface area contributed by atoms with Crippen LogP contribution in [0.1, 0.15) is 19.4 Å². The van der Waals surface area contributed by atoms with E-state index in [0.717, 1.165) is 6.07 Å². The standard InChI is InChI=1S/C12H18FN3O3S/c1-8-4-5-9(13)6-10(8)20(18,19)15-7-12(2,3)11(14)16-17/h4-6,15,17H,7H2,1-3H3,(H2,14,16). The fourth-order valence-electron chi connectivity index (χ4n) is 1.44. The molecule has 1 aromatic rings. The van der Waals surface area contributed by atoms with E-state index in [4.69, 9.17) is 10.9 Å². The van der Waals surface area contributed by atoms with E-state index in [9.17, 15) is 12.8 Å². The van der Waals surface area contributed by atoms with E-state index in [2.05, 4.69) is 9.88 Å². The van der Waals surface area contributed by atoms with Gasteiger partial charge in [0.05, 0.1) is 4.90 Å². The van der Waals surface area contributed by atoms with Crippen LogP contribution in [0.4, 0.5) is 4.39 Å². The maximum atomic E-state index is 13.2. The molecule has 6 nitrogen and oxygen atoms in total. The Labute approximate surface area is 117 Å². The number of nitrogens with zero attached hydrogens (tertiary/aromatic N) is 1. The highest BCUT2D eigenvalue weighted by atomic mass is 32.2. The minimum atomic E-state index is -3.87. The molecule has 0 bridgehead atoms. The first-order valence-electron chi connectivity index (χ1n) is 5.84. The Morgan fingerprint density at radius 3 is 2.65 bits per heavy atom. The van der Waals surface area contributed by atoms with Crippen LogP contribution >= 0.6 is 0 Å². The van der Waals surface area contributed by atoms with Gasteiger partial charge >= 0.3 is 0 Å². The fraction of sp³-hybridized carbons (Fsp3) is 0.417. The quantitative estimate of drug-likeness (QED) is 0.329. The molecule has 0 amide bonds. The predicted molar refractivity (Wildman–Crippen MR) is 73.5 cm³/mol. The third-order valence-corrected chi connectivity index (χ3v) is 4.49. The number of hydrogen-bond acceptors (Lipinski definition) is 4. The summed E-state index contributed by atoms with van der Waals surface area (Å²) in [6.07, 6.45) is 0. The minimum absolute atomic E-state index is 0.0822. The molecule has 0 unspecified atom stereocenters. The van der Waals surface area contributed by atoms with Gasteiger partial charge in [-0.3, -0.25) is 0 Å². The van der Waals surface area contributed by atoms with Gasteiger partial charge in [0, 0.05) is 12.0 Å². The lowest BCUT2D eigenvalue weighted by Gasteiger charge is -2.23. The molecule has 0 saturated heterocycles. The third kappa shape index (κ3) is 3.67. The number of halogens is 1. The Morgan fingerprint density at radius 1 is 1.50 bits per heavy atom. The molecular weight excluding hydrogens is 285 g/mol.